The molecule has 2 aromatic carbocycles. The molecule has 21 heavy (non-hydrogen) atoms. The molecule has 0 aliphatic carbocycles. The molecule has 0 saturated heterocycles. The third-order valence-electron chi connectivity index (χ3n) is 3.27. The lowest BCUT2D eigenvalue weighted by molar-refractivity contribution is 0.783. The van der Waals surface area contributed by atoms with Gasteiger partial charge in [-0.25, -0.2) is 4.68 Å². The summed E-state index contributed by atoms with van der Waals surface area (Å²) in [5.74, 6) is 0. The van der Waals surface area contributed by atoms with E-state index in [9.17, 15) is 5.26 Å². The second kappa shape index (κ2) is 5.39. The van der Waals surface area contributed by atoms with Crippen molar-refractivity contribution >= 4 is 11.6 Å². The Morgan fingerprint density at radius 3 is 2.57 bits per heavy atom. The first-order chi connectivity index (χ1) is 10.2. The maximum atomic E-state index is 9.28. The van der Waals surface area contributed by atoms with Crippen molar-refractivity contribution in [1.29, 1.82) is 5.26 Å². The third-order valence-corrected chi connectivity index (χ3v) is 3.59. The van der Waals surface area contributed by atoms with Crippen LogP contribution < -0.4 is 0 Å². The van der Waals surface area contributed by atoms with Crippen molar-refractivity contribution in [1.82, 2.24) is 15.0 Å². The standard InChI is InChI=1S/C16H11ClN4/c1-11-16(12-6-3-2-4-7-12)19-20-21(11)15-9-5-8-14(17)13(15)10-18/h2-9H,1H3. The number of hydrogen-bond acceptors (Lipinski definition) is 3. The maximum Gasteiger partial charge on any atom is 0.116 e. The number of nitrogens with zero attached hydrogens (tertiary/aromatic N) is 4. The van der Waals surface area contributed by atoms with E-state index in [1.165, 1.54) is 0 Å². The monoisotopic (exact) mass is 294 g/mol. The van der Waals surface area contributed by atoms with Crippen molar-refractivity contribution in [3.05, 3.63) is 64.8 Å². The van der Waals surface area contributed by atoms with Gasteiger partial charge < -0.3 is 0 Å². The Morgan fingerprint density at radius 2 is 1.86 bits per heavy atom. The second-order valence-corrected chi connectivity index (χ2v) is 4.95. The minimum Gasteiger partial charge on any atom is -0.216 e. The van der Waals surface area contributed by atoms with Crippen molar-refractivity contribution in [2.45, 2.75) is 6.92 Å². The van der Waals surface area contributed by atoms with Crippen LogP contribution in [0.25, 0.3) is 16.9 Å². The van der Waals surface area contributed by atoms with Gasteiger partial charge in [-0.2, -0.15) is 5.26 Å². The highest BCUT2D eigenvalue weighted by atomic mass is 35.5. The highest BCUT2D eigenvalue weighted by Crippen LogP contribution is 2.26. The largest absolute Gasteiger partial charge is 0.216 e. The molecule has 0 unspecified atom stereocenters. The molecule has 3 rings (SSSR count). The van der Waals surface area contributed by atoms with E-state index in [1.807, 2.05) is 37.3 Å². The summed E-state index contributed by atoms with van der Waals surface area (Å²) in [7, 11) is 0. The third kappa shape index (κ3) is 2.28. The van der Waals surface area contributed by atoms with E-state index in [-0.39, 0.29) is 0 Å². The van der Waals surface area contributed by atoms with E-state index in [0.717, 1.165) is 17.0 Å². The molecule has 0 bridgehead atoms. The summed E-state index contributed by atoms with van der Waals surface area (Å²) in [5, 5.41) is 18.1. The first kappa shape index (κ1) is 13.3. The zero-order chi connectivity index (χ0) is 14.8. The summed E-state index contributed by atoms with van der Waals surface area (Å²) in [6, 6.07) is 17.2. The summed E-state index contributed by atoms with van der Waals surface area (Å²) in [6.07, 6.45) is 0. The molecule has 0 radical (unpaired) electrons. The molecule has 102 valence electrons. The quantitative estimate of drug-likeness (QED) is 0.723. The zero-order valence-corrected chi connectivity index (χ0v) is 12.0. The molecule has 0 aliphatic heterocycles. The van der Waals surface area contributed by atoms with Gasteiger partial charge in [0.1, 0.15) is 11.8 Å². The van der Waals surface area contributed by atoms with Gasteiger partial charge in [-0.15, -0.1) is 5.10 Å². The molecule has 5 heteroatoms. The van der Waals surface area contributed by atoms with E-state index in [0.29, 0.717) is 16.3 Å². The van der Waals surface area contributed by atoms with Crippen molar-refractivity contribution in [3.8, 4) is 23.0 Å². The summed E-state index contributed by atoms with van der Waals surface area (Å²) >= 11 is 6.07. The molecular weight excluding hydrogens is 284 g/mol. The molecule has 0 spiro atoms. The van der Waals surface area contributed by atoms with Gasteiger partial charge in [0.05, 0.1) is 22.0 Å². The summed E-state index contributed by atoms with van der Waals surface area (Å²) in [6.45, 7) is 1.92. The van der Waals surface area contributed by atoms with Crippen LogP contribution in [0.2, 0.25) is 5.02 Å². The van der Waals surface area contributed by atoms with Crippen LogP contribution in [-0.2, 0) is 0 Å². The average molecular weight is 295 g/mol. The van der Waals surface area contributed by atoms with E-state index in [2.05, 4.69) is 16.4 Å². The molecule has 0 fully saturated rings. The number of benzene rings is 2. The Labute approximate surface area is 127 Å². The van der Waals surface area contributed by atoms with Crippen LogP contribution in [0.15, 0.2) is 48.5 Å². The fourth-order valence-electron chi connectivity index (χ4n) is 2.22. The number of hydrogen-bond donors (Lipinski definition) is 0. The molecule has 0 atom stereocenters. The van der Waals surface area contributed by atoms with Crippen LogP contribution in [0, 0.1) is 18.3 Å². The predicted octanol–water partition coefficient (Wildman–Crippen LogP) is 3.77. The Morgan fingerprint density at radius 1 is 1.10 bits per heavy atom. The Balaban J connectivity index is 2.17. The summed E-state index contributed by atoms with van der Waals surface area (Å²) in [5.41, 5.74) is 3.67. The molecule has 1 aromatic heterocycles. The number of halogens is 1. The molecule has 0 saturated carbocycles. The minimum absolute atomic E-state index is 0.395. The van der Waals surface area contributed by atoms with E-state index >= 15 is 0 Å². The van der Waals surface area contributed by atoms with Gasteiger partial charge in [-0.05, 0) is 19.1 Å². The molecule has 0 amide bonds. The Kier molecular flexibility index (Phi) is 3.43. The van der Waals surface area contributed by atoms with Crippen LogP contribution in [0.4, 0.5) is 0 Å². The fourth-order valence-corrected chi connectivity index (χ4v) is 2.43. The van der Waals surface area contributed by atoms with Gasteiger partial charge in [0.25, 0.3) is 0 Å². The van der Waals surface area contributed by atoms with Crippen molar-refractivity contribution in [3.63, 3.8) is 0 Å². The van der Waals surface area contributed by atoms with Crippen LogP contribution in [-0.4, -0.2) is 15.0 Å². The van der Waals surface area contributed by atoms with Gasteiger partial charge in [-0.3, -0.25) is 0 Å². The first-order valence-electron chi connectivity index (χ1n) is 6.39. The van der Waals surface area contributed by atoms with Crippen LogP contribution >= 0.6 is 11.6 Å². The summed E-state index contributed by atoms with van der Waals surface area (Å²) < 4.78 is 1.65. The van der Waals surface area contributed by atoms with Crippen molar-refractivity contribution in [2.24, 2.45) is 0 Å². The van der Waals surface area contributed by atoms with Crippen LogP contribution in [0.3, 0.4) is 0 Å². The minimum atomic E-state index is 0.395. The van der Waals surface area contributed by atoms with Gasteiger partial charge in [0.2, 0.25) is 0 Å². The van der Waals surface area contributed by atoms with E-state index in [1.54, 1.807) is 22.9 Å². The number of aromatic nitrogens is 3. The first-order valence-corrected chi connectivity index (χ1v) is 6.77. The lowest BCUT2D eigenvalue weighted by Gasteiger charge is -2.07. The van der Waals surface area contributed by atoms with Gasteiger partial charge in [0, 0.05) is 5.56 Å². The highest BCUT2D eigenvalue weighted by Gasteiger charge is 2.15. The molecule has 1 heterocycles. The predicted molar refractivity (Wildman–Crippen MR) is 81.3 cm³/mol. The molecule has 0 N–H and O–H groups in total. The Hall–Kier alpha value is -2.64. The molecule has 4 nitrogen and oxygen atoms in total. The molecule has 3 aromatic rings. The van der Waals surface area contributed by atoms with Gasteiger partial charge >= 0.3 is 0 Å². The SMILES string of the molecule is Cc1c(-c2ccccc2)nnn1-c1cccc(Cl)c1C#N. The number of nitriles is 1. The fraction of sp³-hybridized carbons (Fsp3) is 0.0625. The zero-order valence-electron chi connectivity index (χ0n) is 11.3. The number of rotatable bonds is 2. The average Bonchev–Trinajstić information content (AvgIpc) is 2.89. The van der Waals surface area contributed by atoms with Crippen LogP contribution in [0.1, 0.15) is 11.3 Å². The van der Waals surface area contributed by atoms with Gasteiger partial charge in [-0.1, -0.05) is 53.2 Å². The Bertz CT molecular complexity index is 831. The lowest BCUT2D eigenvalue weighted by atomic mass is 10.1. The van der Waals surface area contributed by atoms with Crippen molar-refractivity contribution in [2.75, 3.05) is 0 Å². The smallest absolute Gasteiger partial charge is 0.116 e. The highest BCUT2D eigenvalue weighted by molar-refractivity contribution is 6.32. The molecule has 0 aliphatic rings. The molecular formula is C16H11ClN4. The maximum absolute atomic E-state index is 9.28. The van der Waals surface area contributed by atoms with E-state index in [4.69, 9.17) is 11.6 Å². The van der Waals surface area contributed by atoms with E-state index < -0.39 is 0 Å². The second-order valence-electron chi connectivity index (χ2n) is 4.55. The summed E-state index contributed by atoms with van der Waals surface area (Å²) in [4.78, 5) is 0. The van der Waals surface area contributed by atoms with Gasteiger partial charge in [0.15, 0.2) is 0 Å². The normalized spacial score (nSPS) is 10.3. The topological polar surface area (TPSA) is 54.5 Å². The lowest BCUT2D eigenvalue weighted by Crippen LogP contribution is -2.02. The van der Waals surface area contributed by atoms with Crippen LogP contribution in [0.5, 0.6) is 0 Å². The van der Waals surface area contributed by atoms with Crippen molar-refractivity contribution < 1.29 is 0 Å².